The molecule has 2 aromatic carbocycles. The first-order valence-corrected chi connectivity index (χ1v) is 12.4. The molecule has 0 aromatic heterocycles. The second-order valence-electron chi connectivity index (χ2n) is 7.01. The third-order valence-electron chi connectivity index (χ3n) is 4.75. The number of benzene rings is 2. The molecule has 2 N–H and O–H groups in total. The molecule has 0 saturated carbocycles. The van der Waals surface area contributed by atoms with Crippen LogP contribution in [-0.2, 0) is 20.0 Å². The van der Waals surface area contributed by atoms with E-state index in [1.165, 1.54) is 26.2 Å². The van der Waals surface area contributed by atoms with Crippen molar-refractivity contribution in [2.45, 2.75) is 42.9 Å². The molecular formula is C20H29N3O4S2. The van der Waals surface area contributed by atoms with Gasteiger partial charge >= 0.3 is 0 Å². The van der Waals surface area contributed by atoms with Gasteiger partial charge in [0.15, 0.2) is 0 Å². The Bertz CT molecular complexity index is 1050. The van der Waals surface area contributed by atoms with Crippen LogP contribution in [0.3, 0.4) is 0 Å². The Balaban J connectivity index is 2.44. The lowest BCUT2D eigenvalue weighted by atomic mass is 9.99. The molecule has 0 heterocycles. The summed E-state index contributed by atoms with van der Waals surface area (Å²) in [6, 6.07) is 11.1. The molecule has 0 saturated heterocycles. The number of sulfonamides is 2. The standard InChI is InChI=1S/C20H29N3O4S2/c1-6-15(3)16-8-10-17(11-9-16)28(24,25)22-20-14-18(29(26,27)23(4)5)12-13-19(20)21-7-2/h8-15,21-22H,6-7H2,1-5H3/t15-/m0/s1. The van der Waals surface area contributed by atoms with Crippen molar-refractivity contribution in [3.8, 4) is 0 Å². The fraction of sp³-hybridized carbons (Fsp3) is 0.400. The molecule has 1 atom stereocenters. The maximum absolute atomic E-state index is 12.9. The van der Waals surface area contributed by atoms with Crippen molar-refractivity contribution in [1.29, 1.82) is 0 Å². The molecule has 7 nitrogen and oxygen atoms in total. The average Bonchev–Trinajstić information content (AvgIpc) is 2.68. The first kappa shape index (κ1) is 23.2. The molecule has 0 spiro atoms. The normalized spacial score (nSPS) is 13.3. The molecule has 0 aliphatic rings. The van der Waals surface area contributed by atoms with Gasteiger partial charge in [0.25, 0.3) is 10.0 Å². The van der Waals surface area contributed by atoms with E-state index in [-0.39, 0.29) is 15.5 Å². The molecule has 9 heteroatoms. The highest BCUT2D eigenvalue weighted by molar-refractivity contribution is 7.92. The zero-order valence-corrected chi connectivity index (χ0v) is 19.1. The molecule has 160 valence electrons. The van der Waals surface area contributed by atoms with Gasteiger partial charge in [-0.25, -0.2) is 21.1 Å². The summed E-state index contributed by atoms with van der Waals surface area (Å²) in [6.45, 7) is 6.59. The molecular weight excluding hydrogens is 410 g/mol. The average molecular weight is 440 g/mol. The summed E-state index contributed by atoms with van der Waals surface area (Å²) in [4.78, 5) is 0.127. The minimum Gasteiger partial charge on any atom is -0.384 e. The van der Waals surface area contributed by atoms with Crippen molar-refractivity contribution >= 4 is 31.4 Å². The van der Waals surface area contributed by atoms with Gasteiger partial charge in [0.05, 0.1) is 21.2 Å². The van der Waals surface area contributed by atoms with Crippen molar-refractivity contribution < 1.29 is 16.8 Å². The molecule has 0 fully saturated rings. The quantitative estimate of drug-likeness (QED) is 0.621. The number of anilines is 2. The molecule has 0 bridgehead atoms. The zero-order valence-electron chi connectivity index (χ0n) is 17.4. The molecule has 2 rings (SSSR count). The Labute approximate surface area is 174 Å². The second kappa shape index (κ2) is 9.15. The number of nitrogens with one attached hydrogen (secondary N) is 2. The van der Waals surface area contributed by atoms with Crippen LogP contribution in [0.5, 0.6) is 0 Å². The van der Waals surface area contributed by atoms with Crippen molar-refractivity contribution in [1.82, 2.24) is 4.31 Å². The minimum atomic E-state index is -3.88. The number of hydrogen-bond donors (Lipinski definition) is 2. The van der Waals surface area contributed by atoms with E-state index in [9.17, 15) is 16.8 Å². The molecule has 2 aromatic rings. The van der Waals surface area contributed by atoms with Crippen LogP contribution in [0, 0.1) is 0 Å². The molecule has 0 unspecified atom stereocenters. The Morgan fingerprint density at radius 2 is 1.48 bits per heavy atom. The Kier molecular flexibility index (Phi) is 7.31. The number of nitrogens with zero attached hydrogens (tertiary/aromatic N) is 1. The summed E-state index contributed by atoms with van der Waals surface area (Å²) >= 11 is 0. The van der Waals surface area contributed by atoms with E-state index in [4.69, 9.17) is 0 Å². The summed E-state index contributed by atoms with van der Waals surface area (Å²) in [6.07, 6.45) is 0.962. The molecule has 29 heavy (non-hydrogen) atoms. The summed E-state index contributed by atoms with van der Waals surface area (Å²) in [5.41, 5.74) is 1.75. The van der Waals surface area contributed by atoms with Crippen LogP contribution in [0.25, 0.3) is 0 Å². The van der Waals surface area contributed by atoms with Crippen LogP contribution in [0.2, 0.25) is 0 Å². The van der Waals surface area contributed by atoms with E-state index < -0.39 is 20.0 Å². The molecule has 0 aliphatic carbocycles. The van der Waals surface area contributed by atoms with Crippen LogP contribution in [0.1, 0.15) is 38.7 Å². The fourth-order valence-electron chi connectivity index (χ4n) is 2.74. The van der Waals surface area contributed by atoms with Gasteiger partial charge in [-0.2, -0.15) is 0 Å². The smallest absolute Gasteiger partial charge is 0.261 e. The molecule has 0 aliphatic heterocycles. The lowest BCUT2D eigenvalue weighted by Crippen LogP contribution is -2.22. The van der Waals surface area contributed by atoms with Gasteiger partial charge in [-0.15, -0.1) is 0 Å². The van der Waals surface area contributed by atoms with Crippen LogP contribution in [-0.4, -0.2) is 41.8 Å². The highest BCUT2D eigenvalue weighted by Crippen LogP contribution is 2.29. The fourth-order valence-corrected chi connectivity index (χ4v) is 4.74. The summed E-state index contributed by atoms with van der Waals surface area (Å²) in [5, 5.41) is 3.05. The third-order valence-corrected chi connectivity index (χ3v) is 7.95. The second-order valence-corrected chi connectivity index (χ2v) is 10.8. The van der Waals surface area contributed by atoms with Crippen LogP contribution in [0.4, 0.5) is 11.4 Å². The lowest BCUT2D eigenvalue weighted by molar-refractivity contribution is 0.521. The topological polar surface area (TPSA) is 95.6 Å². The van der Waals surface area contributed by atoms with Gasteiger partial charge < -0.3 is 5.32 Å². The Morgan fingerprint density at radius 3 is 2.00 bits per heavy atom. The van der Waals surface area contributed by atoms with E-state index in [1.807, 2.05) is 6.92 Å². The summed E-state index contributed by atoms with van der Waals surface area (Å²) in [7, 11) is -4.73. The largest absolute Gasteiger partial charge is 0.384 e. The predicted molar refractivity (Wildman–Crippen MR) is 117 cm³/mol. The first-order valence-electron chi connectivity index (χ1n) is 9.46. The van der Waals surface area contributed by atoms with Crippen molar-refractivity contribution in [3.05, 3.63) is 48.0 Å². The van der Waals surface area contributed by atoms with Gasteiger partial charge in [-0.3, -0.25) is 4.72 Å². The molecule has 0 amide bonds. The van der Waals surface area contributed by atoms with Crippen molar-refractivity contribution in [2.75, 3.05) is 30.7 Å². The van der Waals surface area contributed by atoms with E-state index in [1.54, 1.807) is 30.3 Å². The minimum absolute atomic E-state index is 0.00831. The van der Waals surface area contributed by atoms with Gasteiger partial charge in [0.2, 0.25) is 10.0 Å². The third kappa shape index (κ3) is 5.29. The van der Waals surface area contributed by atoms with Crippen LogP contribution < -0.4 is 10.0 Å². The maximum atomic E-state index is 12.9. The highest BCUT2D eigenvalue weighted by Gasteiger charge is 2.22. The van der Waals surface area contributed by atoms with Crippen LogP contribution >= 0.6 is 0 Å². The number of hydrogen-bond acceptors (Lipinski definition) is 5. The van der Waals surface area contributed by atoms with E-state index >= 15 is 0 Å². The lowest BCUT2D eigenvalue weighted by Gasteiger charge is -2.17. The molecule has 0 radical (unpaired) electrons. The van der Waals surface area contributed by atoms with Gasteiger partial charge in [-0.05, 0) is 55.2 Å². The van der Waals surface area contributed by atoms with E-state index in [0.717, 1.165) is 16.3 Å². The number of rotatable bonds is 9. The predicted octanol–water partition coefficient (Wildman–Crippen LogP) is 3.68. The monoisotopic (exact) mass is 439 g/mol. The van der Waals surface area contributed by atoms with Gasteiger partial charge in [0.1, 0.15) is 0 Å². The van der Waals surface area contributed by atoms with E-state index in [2.05, 4.69) is 23.9 Å². The van der Waals surface area contributed by atoms with E-state index in [0.29, 0.717) is 18.2 Å². The zero-order chi connectivity index (χ0) is 21.8. The Morgan fingerprint density at radius 1 is 0.897 bits per heavy atom. The summed E-state index contributed by atoms with van der Waals surface area (Å²) < 4.78 is 54.3. The van der Waals surface area contributed by atoms with Gasteiger partial charge in [-0.1, -0.05) is 26.0 Å². The van der Waals surface area contributed by atoms with Crippen molar-refractivity contribution in [2.24, 2.45) is 0 Å². The van der Waals surface area contributed by atoms with Crippen LogP contribution in [0.15, 0.2) is 52.3 Å². The summed E-state index contributed by atoms with van der Waals surface area (Å²) in [5.74, 6) is 0.341. The van der Waals surface area contributed by atoms with Gasteiger partial charge in [0, 0.05) is 20.6 Å². The Hall–Kier alpha value is -2.10. The van der Waals surface area contributed by atoms with Crippen molar-refractivity contribution in [3.63, 3.8) is 0 Å². The maximum Gasteiger partial charge on any atom is 0.261 e. The highest BCUT2D eigenvalue weighted by atomic mass is 32.2. The SMILES string of the molecule is CCNc1ccc(S(=O)(=O)N(C)C)cc1NS(=O)(=O)c1ccc([C@@H](C)CC)cc1. The first-order chi connectivity index (χ1) is 13.5.